The van der Waals surface area contributed by atoms with Gasteiger partial charge in [-0.1, -0.05) is 13.8 Å². The summed E-state index contributed by atoms with van der Waals surface area (Å²) in [4.78, 5) is 0. The molecule has 2 nitrogen and oxygen atoms in total. The van der Waals surface area contributed by atoms with Crippen molar-refractivity contribution < 1.29 is 18.3 Å². The van der Waals surface area contributed by atoms with Crippen LogP contribution >= 0.6 is 0 Å². The van der Waals surface area contributed by atoms with Crippen molar-refractivity contribution in [1.82, 2.24) is 5.32 Å². The molecule has 0 aliphatic heterocycles. The monoisotopic (exact) mass is 239 g/mol. The molecule has 0 aromatic rings. The molecule has 0 amide bonds. The largest absolute Gasteiger partial charge is 0.415 e. The van der Waals surface area contributed by atoms with Gasteiger partial charge in [0, 0.05) is 12.6 Å². The molecule has 0 heterocycles. The second kappa shape index (κ2) is 4.92. The van der Waals surface area contributed by atoms with Crippen LogP contribution in [-0.2, 0) is 0 Å². The number of hydrogen-bond donors (Lipinski definition) is 2. The summed E-state index contributed by atoms with van der Waals surface area (Å²) in [6.45, 7) is 3.95. The van der Waals surface area contributed by atoms with Gasteiger partial charge in [0.25, 0.3) is 0 Å². The van der Waals surface area contributed by atoms with E-state index in [-0.39, 0.29) is 6.04 Å². The van der Waals surface area contributed by atoms with Gasteiger partial charge in [0.15, 0.2) is 6.10 Å². The summed E-state index contributed by atoms with van der Waals surface area (Å²) in [5, 5.41) is 11.6. The third kappa shape index (κ3) is 4.29. The Labute approximate surface area is 94.2 Å². The van der Waals surface area contributed by atoms with Gasteiger partial charge in [-0.2, -0.15) is 13.2 Å². The Kier molecular flexibility index (Phi) is 4.23. The van der Waals surface area contributed by atoms with Crippen molar-refractivity contribution in [2.75, 3.05) is 6.54 Å². The zero-order valence-electron chi connectivity index (χ0n) is 9.77. The minimum atomic E-state index is -4.51. The van der Waals surface area contributed by atoms with Crippen LogP contribution in [0.2, 0.25) is 0 Å². The zero-order chi connectivity index (χ0) is 12.4. The highest BCUT2D eigenvalue weighted by Crippen LogP contribution is 2.35. The molecule has 2 N–H and O–H groups in total. The normalized spacial score (nSPS) is 24.4. The molecule has 1 aliphatic rings. The van der Waals surface area contributed by atoms with E-state index in [9.17, 15) is 13.2 Å². The molecule has 0 aromatic carbocycles. The lowest BCUT2D eigenvalue weighted by atomic mass is 9.75. The predicted molar refractivity (Wildman–Crippen MR) is 56.1 cm³/mol. The fourth-order valence-corrected chi connectivity index (χ4v) is 2.00. The van der Waals surface area contributed by atoms with Gasteiger partial charge in [0.05, 0.1) is 0 Å². The fourth-order valence-electron chi connectivity index (χ4n) is 2.00. The van der Waals surface area contributed by atoms with E-state index in [1.165, 1.54) is 0 Å². The smallest absolute Gasteiger partial charge is 0.382 e. The van der Waals surface area contributed by atoms with Crippen LogP contribution in [0.15, 0.2) is 0 Å². The molecule has 0 bridgehead atoms. The summed E-state index contributed by atoms with van der Waals surface area (Å²) in [5.74, 6) is 0. The van der Waals surface area contributed by atoms with E-state index in [2.05, 4.69) is 19.2 Å². The molecule has 1 aliphatic carbocycles. The van der Waals surface area contributed by atoms with Gasteiger partial charge in [0.1, 0.15) is 0 Å². The number of hydrogen-bond acceptors (Lipinski definition) is 2. The van der Waals surface area contributed by atoms with Gasteiger partial charge in [0.2, 0.25) is 0 Å². The van der Waals surface area contributed by atoms with Crippen LogP contribution in [0.25, 0.3) is 0 Å². The second-order valence-electron chi connectivity index (χ2n) is 5.40. The maximum Gasteiger partial charge on any atom is 0.415 e. The first-order chi connectivity index (χ1) is 7.21. The van der Waals surface area contributed by atoms with Gasteiger partial charge >= 0.3 is 6.18 Å². The number of aliphatic hydroxyl groups is 1. The highest BCUT2D eigenvalue weighted by Gasteiger charge is 2.38. The Balaban J connectivity index is 2.25. The molecule has 1 rings (SSSR count). The number of nitrogens with one attached hydrogen (secondary N) is 1. The lowest BCUT2D eigenvalue weighted by Gasteiger charge is -2.35. The molecule has 5 heteroatoms. The van der Waals surface area contributed by atoms with E-state index in [1.54, 1.807) is 0 Å². The molecule has 0 spiro atoms. The Morgan fingerprint density at radius 1 is 1.31 bits per heavy atom. The molecule has 16 heavy (non-hydrogen) atoms. The molecule has 0 aromatic heterocycles. The van der Waals surface area contributed by atoms with Gasteiger partial charge in [-0.15, -0.1) is 0 Å². The zero-order valence-corrected chi connectivity index (χ0v) is 9.77. The Hall–Kier alpha value is -0.290. The Morgan fingerprint density at radius 3 is 2.25 bits per heavy atom. The number of rotatable bonds is 3. The second-order valence-corrected chi connectivity index (χ2v) is 5.40. The fraction of sp³-hybridized carbons (Fsp3) is 1.00. The predicted octanol–water partition coefficient (Wildman–Crippen LogP) is 2.47. The summed E-state index contributed by atoms with van der Waals surface area (Å²) in [5.41, 5.74) is 0.306. The van der Waals surface area contributed by atoms with E-state index in [0.717, 1.165) is 25.7 Å². The quantitative estimate of drug-likeness (QED) is 0.793. The lowest BCUT2D eigenvalue weighted by Crippen LogP contribution is -2.44. The van der Waals surface area contributed by atoms with Crippen molar-refractivity contribution in [3.63, 3.8) is 0 Å². The third-order valence-corrected chi connectivity index (χ3v) is 3.32. The average Bonchev–Trinajstić information content (AvgIpc) is 2.14. The molecule has 0 saturated heterocycles. The first-order valence-electron chi connectivity index (χ1n) is 5.69. The number of alkyl halides is 3. The van der Waals surface area contributed by atoms with Crippen molar-refractivity contribution in [3.05, 3.63) is 0 Å². The Bertz CT molecular complexity index is 218. The SMILES string of the molecule is CC1(C)CCC(NCC(O)C(F)(F)F)CC1. The van der Waals surface area contributed by atoms with E-state index < -0.39 is 18.8 Å². The van der Waals surface area contributed by atoms with Crippen LogP contribution in [0, 0.1) is 5.41 Å². The third-order valence-electron chi connectivity index (χ3n) is 3.32. The molecule has 1 atom stereocenters. The standard InChI is InChI=1S/C11H20F3NO/c1-10(2)5-3-8(4-6-10)15-7-9(16)11(12,13)14/h8-9,15-16H,3-7H2,1-2H3. The van der Waals surface area contributed by atoms with Crippen LogP contribution in [0.5, 0.6) is 0 Å². The van der Waals surface area contributed by atoms with Gasteiger partial charge in [-0.05, 0) is 31.1 Å². The van der Waals surface area contributed by atoms with E-state index in [4.69, 9.17) is 5.11 Å². The first kappa shape index (κ1) is 13.8. The van der Waals surface area contributed by atoms with E-state index in [0.29, 0.717) is 5.41 Å². The number of aliphatic hydroxyl groups excluding tert-OH is 1. The van der Waals surface area contributed by atoms with E-state index in [1.807, 2.05) is 0 Å². The number of halogens is 3. The summed E-state index contributed by atoms with van der Waals surface area (Å²) < 4.78 is 36.1. The van der Waals surface area contributed by atoms with Gasteiger partial charge in [-0.3, -0.25) is 0 Å². The minimum Gasteiger partial charge on any atom is -0.382 e. The van der Waals surface area contributed by atoms with Crippen molar-refractivity contribution in [3.8, 4) is 0 Å². The summed E-state index contributed by atoms with van der Waals surface area (Å²) in [6, 6.07) is 0.116. The van der Waals surface area contributed by atoms with E-state index >= 15 is 0 Å². The molecule has 1 fully saturated rings. The maximum absolute atomic E-state index is 12.0. The molecular formula is C11H20F3NO. The van der Waals surface area contributed by atoms with Crippen molar-refractivity contribution in [1.29, 1.82) is 0 Å². The topological polar surface area (TPSA) is 32.3 Å². The van der Waals surface area contributed by atoms with Crippen molar-refractivity contribution >= 4 is 0 Å². The molecule has 0 radical (unpaired) electrons. The molecule has 1 unspecified atom stereocenters. The highest BCUT2D eigenvalue weighted by molar-refractivity contribution is 4.83. The van der Waals surface area contributed by atoms with Gasteiger partial charge in [-0.25, -0.2) is 0 Å². The van der Waals surface area contributed by atoms with Crippen LogP contribution in [-0.4, -0.2) is 30.0 Å². The maximum atomic E-state index is 12.0. The van der Waals surface area contributed by atoms with Crippen LogP contribution in [0.1, 0.15) is 39.5 Å². The highest BCUT2D eigenvalue weighted by atomic mass is 19.4. The van der Waals surface area contributed by atoms with Crippen molar-refractivity contribution in [2.24, 2.45) is 5.41 Å². The summed E-state index contributed by atoms with van der Waals surface area (Å²) >= 11 is 0. The molecular weight excluding hydrogens is 219 g/mol. The van der Waals surface area contributed by atoms with Gasteiger partial charge < -0.3 is 10.4 Å². The minimum absolute atomic E-state index is 0.116. The molecule has 96 valence electrons. The lowest BCUT2D eigenvalue weighted by molar-refractivity contribution is -0.202. The van der Waals surface area contributed by atoms with Crippen LogP contribution in [0.4, 0.5) is 13.2 Å². The molecule has 1 saturated carbocycles. The van der Waals surface area contributed by atoms with Crippen LogP contribution in [0.3, 0.4) is 0 Å². The first-order valence-corrected chi connectivity index (χ1v) is 5.69. The average molecular weight is 239 g/mol. The summed E-state index contributed by atoms with van der Waals surface area (Å²) in [6.07, 6.45) is -2.95. The summed E-state index contributed by atoms with van der Waals surface area (Å²) in [7, 11) is 0. The van der Waals surface area contributed by atoms with Crippen molar-refractivity contribution in [2.45, 2.75) is 57.9 Å². The van der Waals surface area contributed by atoms with Crippen LogP contribution < -0.4 is 5.32 Å². The Morgan fingerprint density at radius 2 is 1.81 bits per heavy atom.